The minimum Gasteiger partial charge on any atom is -0.467 e. The van der Waals surface area contributed by atoms with Crippen LogP contribution in [-0.4, -0.2) is 41.2 Å². The van der Waals surface area contributed by atoms with Gasteiger partial charge in [0.15, 0.2) is 5.17 Å². The van der Waals surface area contributed by atoms with Gasteiger partial charge in [-0.05, 0) is 53.2 Å². The maximum Gasteiger partial charge on any atom is 0.270 e. The van der Waals surface area contributed by atoms with Gasteiger partial charge in [-0.15, -0.1) is 5.10 Å². The molecule has 0 N–H and O–H groups in total. The number of furan rings is 1. The van der Waals surface area contributed by atoms with Crippen molar-refractivity contribution in [3.8, 4) is 0 Å². The summed E-state index contributed by atoms with van der Waals surface area (Å²) in [5.74, 6) is 0.318. The Balaban J connectivity index is 1.60. The van der Waals surface area contributed by atoms with Crippen molar-refractivity contribution in [3.63, 3.8) is 0 Å². The van der Waals surface area contributed by atoms with Crippen LogP contribution in [0.25, 0.3) is 6.08 Å². The van der Waals surface area contributed by atoms with Gasteiger partial charge in [0.1, 0.15) is 5.76 Å². The predicted octanol–water partition coefficient (Wildman–Crippen LogP) is 4.76. The topological polar surface area (TPSA) is 105 Å². The lowest BCUT2D eigenvalue weighted by Crippen LogP contribution is -2.28. The van der Waals surface area contributed by atoms with E-state index in [4.69, 9.17) is 4.42 Å². The number of hydrogen-bond acceptors (Lipinski definition) is 8. The monoisotopic (exact) mass is 475 g/mol. The zero-order valence-corrected chi connectivity index (χ0v) is 19.3. The largest absolute Gasteiger partial charge is 0.467 e. The Morgan fingerprint density at radius 1 is 1.12 bits per heavy atom. The molecular weight excluding hydrogens is 454 g/mol. The first-order chi connectivity index (χ1) is 16.4. The van der Waals surface area contributed by atoms with Crippen LogP contribution in [0.5, 0.6) is 0 Å². The van der Waals surface area contributed by atoms with E-state index in [0.29, 0.717) is 21.4 Å². The first kappa shape index (κ1) is 23.0. The molecular formula is C24H21N5O4S. The molecule has 1 fully saturated rings. The fourth-order valence-corrected chi connectivity index (χ4v) is 4.10. The Hall–Kier alpha value is -4.18. The summed E-state index contributed by atoms with van der Waals surface area (Å²) in [5.41, 5.74) is 2.44. The maximum absolute atomic E-state index is 13.1. The van der Waals surface area contributed by atoms with Crippen LogP contribution in [0.3, 0.4) is 0 Å². The molecule has 0 unspecified atom stereocenters. The van der Waals surface area contributed by atoms with Crippen LogP contribution in [0.1, 0.15) is 16.9 Å². The van der Waals surface area contributed by atoms with Crippen molar-refractivity contribution in [1.82, 2.24) is 4.90 Å². The molecule has 34 heavy (non-hydrogen) atoms. The number of nitro benzene ring substituents is 1. The Labute approximate surface area is 200 Å². The van der Waals surface area contributed by atoms with E-state index in [9.17, 15) is 14.9 Å². The molecule has 0 spiro atoms. The number of carbonyl (C=O) groups is 1. The summed E-state index contributed by atoms with van der Waals surface area (Å²) < 4.78 is 5.40. The van der Waals surface area contributed by atoms with Crippen molar-refractivity contribution in [3.05, 3.63) is 98.8 Å². The van der Waals surface area contributed by atoms with Gasteiger partial charge in [0, 0.05) is 31.9 Å². The molecule has 2 aromatic carbocycles. The molecule has 0 radical (unpaired) electrons. The van der Waals surface area contributed by atoms with Gasteiger partial charge < -0.3 is 9.32 Å². The minimum atomic E-state index is -0.471. The average Bonchev–Trinajstić information content (AvgIpc) is 3.44. The molecule has 1 saturated heterocycles. The van der Waals surface area contributed by atoms with E-state index in [1.807, 2.05) is 43.3 Å². The van der Waals surface area contributed by atoms with Crippen molar-refractivity contribution >= 4 is 46.5 Å². The number of hydrogen-bond donors (Lipinski definition) is 0. The second kappa shape index (κ2) is 10.2. The molecule has 9 nitrogen and oxygen atoms in total. The molecule has 1 aromatic heterocycles. The molecule has 0 bridgehead atoms. The second-order valence-corrected chi connectivity index (χ2v) is 8.56. The number of non-ortho nitro benzene ring substituents is 1. The lowest BCUT2D eigenvalue weighted by atomic mass is 10.2. The fourth-order valence-electron chi connectivity index (χ4n) is 3.16. The predicted molar refractivity (Wildman–Crippen MR) is 134 cm³/mol. The number of nitrogens with zero attached hydrogens (tertiary/aromatic N) is 5. The summed E-state index contributed by atoms with van der Waals surface area (Å²) in [7, 11) is 3.94. The summed E-state index contributed by atoms with van der Waals surface area (Å²) >= 11 is 1.15. The molecule has 10 heteroatoms. The third kappa shape index (κ3) is 5.41. The first-order valence-corrected chi connectivity index (χ1v) is 11.1. The molecule has 2 heterocycles. The van der Waals surface area contributed by atoms with E-state index in [1.54, 1.807) is 36.6 Å². The highest BCUT2D eigenvalue weighted by atomic mass is 32.2. The highest BCUT2D eigenvalue weighted by molar-refractivity contribution is 8.18. The fraction of sp³-hybridized carbons (Fsp3) is 0.125. The Bertz CT molecular complexity index is 1280. The lowest BCUT2D eigenvalue weighted by Gasteiger charge is -2.12. The first-order valence-electron chi connectivity index (χ1n) is 10.3. The van der Waals surface area contributed by atoms with Crippen LogP contribution < -0.4 is 4.90 Å². The van der Waals surface area contributed by atoms with Crippen molar-refractivity contribution in [2.45, 2.75) is 6.54 Å². The zero-order chi connectivity index (χ0) is 24.1. The molecule has 0 aliphatic carbocycles. The molecule has 1 aliphatic rings. The van der Waals surface area contributed by atoms with Crippen LogP contribution in [-0.2, 0) is 11.3 Å². The number of amidine groups is 1. The van der Waals surface area contributed by atoms with Crippen molar-refractivity contribution in [1.29, 1.82) is 0 Å². The molecule has 0 atom stereocenters. The van der Waals surface area contributed by atoms with E-state index < -0.39 is 4.92 Å². The van der Waals surface area contributed by atoms with Gasteiger partial charge in [-0.2, -0.15) is 5.10 Å². The summed E-state index contributed by atoms with van der Waals surface area (Å²) in [4.78, 5) is 27.6. The van der Waals surface area contributed by atoms with Crippen LogP contribution in [0.2, 0.25) is 0 Å². The standard InChI is InChI=1S/C24H21N5O4S/c1-27(2)19-10-8-17(9-11-19)15-25-26-24-28(16-21-7-4-12-33-21)23(30)22(34-24)14-18-5-3-6-20(13-18)29(31)32/h3-15H,16H2,1-2H3/b22-14-,25-15-,26-24+. The maximum atomic E-state index is 13.1. The molecule has 1 aliphatic heterocycles. The number of nitro groups is 1. The van der Waals surface area contributed by atoms with Crippen LogP contribution in [0.15, 0.2) is 86.5 Å². The SMILES string of the molecule is CN(C)c1ccc(/C=N\N=C2\S/C(=C\c3cccc([N+](=O)[O-])c3)C(=O)N2Cc2ccco2)cc1. The van der Waals surface area contributed by atoms with E-state index in [0.717, 1.165) is 23.0 Å². The zero-order valence-electron chi connectivity index (χ0n) is 18.5. The molecule has 1 amide bonds. The Kier molecular flexibility index (Phi) is 6.88. The van der Waals surface area contributed by atoms with Gasteiger partial charge in [0.25, 0.3) is 11.6 Å². The van der Waals surface area contributed by atoms with Gasteiger partial charge in [-0.1, -0.05) is 24.3 Å². The van der Waals surface area contributed by atoms with Crippen molar-refractivity contribution in [2.75, 3.05) is 19.0 Å². The molecule has 0 saturated carbocycles. The molecule has 172 valence electrons. The quantitative estimate of drug-likeness (QED) is 0.211. The second-order valence-electron chi connectivity index (χ2n) is 7.55. The summed E-state index contributed by atoms with van der Waals surface area (Å²) in [5, 5.41) is 19.9. The van der Waals surface area contributed by atoms with Crippen molar-refractivity contribution in [2.24, 2.45) is 10.2 Å². The van der Waals surface area contributed by atoms with E-state index in [-0.39, 0.29) is 18.1 Å². The summed E-state index contributed by atoms with van der Waals surface area (Å²) in [6.45, 7) is 0.191. The lowest BCUT2D eigenvalue weighted by molar-refractivity contribution is -0.384. The number of amides is 1. The highest BCUT2D eigenvalue weighted by Crippen LogP contribution is 2.34. The van der Waals surface area contributed by atoms with Crippen molar-refractivity contribution < 1.29 is 14.1 Å². The van der Waals surface area contributed by atoms with Crippen LogP contribution >= 0.6 is 11.8 Å². The average molecular weight is 476 g/mol. The Morgan fingerprint density at radius 2 is 1.91 bits per heavy atom. The molecule has 4 rings (SSSR count). The molecule has 3 aromatic rings. The number of rotatable bonds is 7. The normalized spacial score (nSPS) is 16.2. The number of benzene rings is 2. The summed E-state index contributed by atoms with van der Waals surface area (Å²) in [6, 6.07) is 17.4. The highest BCUT2D eigenvalue weighted by Gasteiger charge is 2.34. The minimum absolute atomic E-state index is 0.0454. The van der Waals surface area contributed by atoms with Gasteiger partial charge in [0.2, 0.25) is 0 Å². The van der Waals surface area contributed by atoms with Crippen LogP contribution in [0.4, 0.5) is 11.4 Å². The van der Waals surface area contributed by atoms with E-state index in [1.165, 1.54) is 23.3 Å². The Morgan fingerprint density at radius 3 is 2.59 bits per heavy atom. The third-order valence-electron chi connectivity index (χ3n) is 4.92. The number of carbonyl (C=O) groups excluding carboxylic acids is 1. The van der Waals surface area contributed by atoms with Crippen LogP contribution in [0, 0.1) is 10.1 Å². The van der Waals surface area contributed by atoms with Gasteiger partial charge in [-0.3, -0.25) is 19.8 Å². The van der Waals surface area contributed by atoms with E-state index >= 15 is 0 Å². The third-order valence-corrected chi connectivity index (χ3v) is 5.92. The smallest absolute Gasteiger partial charge is 0.270 e. The van der Waals surface area contributed by atoms with Gasteiger partial charge in [0.05, 0.1) is 28.9 Å². The number of anilines is 1. The van der Waals surface area contributed by atoms with Gasteiger partial charge in [-0.25, -0.2) is 0 Å². The summed E-state index contributed by atoms with van der Waals surface area (Å²) in [6.07, 6.45) is 4.77. The van der Waals surface area contributed by atoms with Gasteiger partial charge >= 0.3 is 0 Å². The number of thioether (sulfide) groups is 1. The van der Waals surface area contributed by atoms with E-state index in [2.05, 4.69) is 10.2 Å².